The lowest BCUT2D eigenvalue weighted by atomic mass is 10.2. The topological polar surface area (TPSA) is 47.6 Å². The minimum absolute atomic E-state index is 0.241. The van der Waals surface area contributed by atoms with Crippen molar-refractivity contribution in [1.82, 2.24) is 5.32 Å². The highest BCUT2D eigenvalue weighted by molar-refractivity contribution is 5.74. The van der Waals surface area contributed by atoms with E-state index >= 15 is 0 Å². The van der Waals surface area contributed by atoms with Crippen molar-refractivity contribution in [2.24, 2.45) is 0 Å². The van der Waals surface area contributed by atoms with E-state index in [0.29, 0.717) is 26.3 Å². The van der Waals surface area contributed by atoms with Gasteiger partial charge in [-0.2, -0.15) is 0 Å². The van der Waals surface area contributed by atoms with Crippen LogP contribution in [0.15, 0.2) is 24.3 Å². The molecule has 1 fully saturated rings. The van der Waals surface area contributed by atoms with Gasteiger partial charge in [0.1, 0.15) is 12.4 Å². The van der Waals surface area contributed by atoms with Crippen LogP contribution < -0.4 is 5.32 Å². The molecule has 0 radical (unpaired) electrons. The first-order chi connectivity index (χ1) is 9.25. The highest BCUT2D eigenvalue weighted by atomic mass is 19.1. The fourth-order valence-electron chi connectivity index (χ4n) is 1.92. The average molecular weight is 267 g/mol. The van der Waals surface area contributed by atoms with Crippen molar-refractivity contribution < 1.29 is 18.7 Å². The Hall–Kier alpha value is -1.46. The number of benzene rings is 1. The van der Waals surface area contributed by atoms with Crippen LogP contribution in [0.1, 0.15) is 18.4 Å². The molecule has 1 aromatic carbocycles. The fraction of sp³-hybridized carbons (Fsp3) is 0.500. The largest absolute Gasteiger partial charge is 0.462 e. The van der Waals surface area contributed by atoms with Crippen LogP contribution in [-0.2, 0) is 20.8 Å². The zero-order valence-corrected chi connectivity index (χ0v) is 10.7. The molecule has 0 spiro atoms. The van der Waals surface area contributed by atoms with Crippen molar-refractivity contribution in [3.05, 3.63) is 35.6 Å². The number of esters is 1. The maximum Gasteiger partial charge on any atom is 0.335 e. The Labute approximate surface area is 111 Å². The molecule has 2 rings (SSSR count). The smallest absolute Gasteiger partial charge is 0.335 e. The van der Waals surface area contributed by atoms with E-state index in [-0.39, 0.29) is 17.9 Å². The lowest BCUT2D eigenvalue weighted by Crippen LogP contribution is -2.26. The first kappa shape index (κ1) is 14.0. The van der Waals surface area contributed by atoms with E-state index in [0.717, 1.165) is 18.4 Å². The van der Waals surface area contributed by atoms with E-state index in [2.05, 4.69) is 5.32 Å². The molecule has 1 aromatic rings. The molecule has 0 aromatic heterocycles. The third kappa shape index (κ3) is 4.61. The van der Waals surface area contributed by atoms with Gasteiger partial charge in [-0.15, -0.1) is 0 Å². The molecule has 0 saturated carbocycles. The third-order valence-corrected chi connectivity index (χ3v) is 2.96. The van der Waals surface area contributed by atoms with Crippen LogP contribution >= 0.6 is 0 Å². The molecular weight excluding hydrogens is 249 g/mol. The normalized spacial score (nSPS) is 18.5. The maximum atomic E-state index is 12.7. The molecule has 0 bridgehead atoms. The molecule has 1 N–H and O–H groups in total. The number of halogens is 1. The summed E-state index contributed by atoms with van der Waals surface area (Å²) in [4.78, 5) is 11.5. The number of ether oxygens (including phenoxy) is 2. The molecule has 0 amide bonds. The standard InChI is InChI=1S/C14H18FNO3/c15-12-5-3-11(4-6-12)10-16-7-9-19-14(17)13-2-1-8-18-13/h3-6,13,16H,1-2,7-10H2. The molecule has 1 heterocycles. The summed E-state index contributed by atoms with van der Waals surface area (Å²) in [5.41, 5.74) is 0.992. The van der Waals surface area contributed by atoms with Crippen molar-refractivity contribution in [3.63, 3.8) is 0 Å². The third-order valence-electron chi connectivity index (χ3n) is 2.96. The second-order valence-corrected chi connectivity index (χ2v) is 4.47. The summed E-state index contributed by atoms with van der Waals surface area (Å²) in [5, 5.41) is 3.13. The van der Waals surface area contributed by atoms with Gasteiger partial charge < -0.3 is 14.8 Å². The van der Waals surface area contributed by atoms with Gasteiger partial charge in [0.2, 0.25) is 0 Å². The van der Waals surface area contributed by atoms with Gasteiger partial charge in [0.25, 0.3) is 0 Å². The van der Waals surface area contributed by atoms with Gasteiger partial charge >= 0.3 is 5.97 Å². The lowest BCUT2D eigenvalue weighted by Gasteiger charge is -2.10. The van der Waals surface area contributed by atoms with Crippen LogP contribution in [0.2, 0.25) is 0 Å². The van der Waals surface area contributed by atoms with E-state index < -0.39 is 0 Å². The van der Waals surface area contributed by atoms with Crippen LogP contribution in [0.5, 0.6) is 0 Å². The molecule has 1 atom stereocenters. The summed E-state index contributed by atoms with van der Waals surface area (Å²) in [6, 6.07) is 6.30. The molecule has 1 saturated heterocycles. The van der Waals surface area contributed by atoms with Crippen molar-refractivity contribution >= 4 is 5.97 Å². The minimum Gasteiger partial charge on any atom is -0.462 e. The van der Waals surface area contributed by atoms with Crippen LogP contribution in [0.3, 0.4) is 0 Å². The molecule has 1 aliphatic rings. The molecule has 5 heteroatoms. The van der Waals surface area contributed by atoms with Gasteiger partial charge in [0.15, 0.2) is 6.10 Å². The number of hydrogen-bond donors (Lipinski definition) is 1. The van der Waals surface area contributed by atoms with Crippen molar-refractivity contribution in [2.45, 2.75) is 25.5 Å². The van der Waals surface area contributed by atoms with Gasteiger partial charge in [0, 0.05) is 19.7 Å². The van der Waals surface area contributed by atoms with Crippen molar-refractivity contribution in [1.29, 1.82) is 0 Å². The molecule has 1 unspecified atom stereocenters. The second kappa shape index (κ2) is 7.21. The number of carbonyl (C=O) groups excluding carboxylic acids is 1. The van der Waals surface area contributed by atoms with Gasteiger partial charge in [0.05, 0.1) is 0 Å². The fourth-order valence-corrected chi connectivity index (χ4v) is 1.92. The Kier molecular flexibility index (Phi) is 5.30. The molecule has 104 valence electrons. The summed E-state index contributed by atoms with van der Waals surface area (Å²) in [5.74, 6) is -0.518. The zero-order chi connectivity index (χ0) is 13.5. The predicted octanol–water partition coefficient (Wildman–Crippen LogP) is 1.64. The van der Waals surface area contributed by atoms with Crippen LogP contribution in [0, 0.1) is 5.82 Å². The predicted molar refractivity (Wildman–Crippen MR) is 68.0 cm³/mol. The van der Waals surface area contributed by atoms with Gasteiger partial charge in [-0.05, 0) is 30.5 Å². The van der Waals surface area contributed by atoms with E-state index in [9.17, 15) is 9.18 Å². The minimum atomic E-state index is -0.378. The maximum absolute atomic E-state index is 12.7. The van der Waals surface area contributed by atoms with Gasteiger partial charge in [-0.3, -0.25) is 0 Å². The van der Waals surface area contributed by atoms with E-state index in [4.69, 9.17) is 9.47 Å². The quantitative estimate of drug-likeness (QED) is 0.629. The summed E-state index contributed by atoms with van der Waals surface area (Å²) in [6.45, 7) is 2.15. The number of nitrogens with one attached hydrogen (secondary N) is 1. The van der Waals surface area contributed by atoms with Gasteiger partial charge in [-0.25, -0.2) is 9.18 Å². The molecular formula is C14H18FNO3. The van der Waals surface area contributed by atoms with E-state index in [1.165, 1.54) is 12.1 Å². The number of hydrogen-bond acceptors (Lipinski definition) is 4. The second-order valence-electron chi connectivity index (χ2n) is 4.47. The number of rotatable bonds is 6. The Morgan fingerprint density at radius 1 is 1.42 bits per heavy atom. The summed E-state index contributed by atoms with van der Waals surface area (Å²) in [7, 11) is 0. The molecule has 4 nitrogen and oxygen atoms in total. The Bertz CT molecular complexity index is 402. The highest BCUT2D eigenvalue weighted by Crippen LogP contribution is 2.12. The van der Waals surface area contributed by atoms with Crippen LogP contribution in [0.4, 0.5) is 4.39 Å². The first-order valence-electron chi connectivity index (χ1n) is 6.49. The average Bonchev–Trinajstić information content (AvgIpc) is 2.94. The zero-order valence-electron chi connectivity index (χ0n) is 10.7. The van der Waals surface area contributed by atoms with Crippen molar-refractivity contribution in [2.75, 3.05) is 19.8 Å². The van der Waals surface area contributed by atoms with Crippen LogP contribution in [-0.4, -0.2) is 31.8 Å². The summed E-state index contributed by atoms with van der Waals surface area (Å²) >= 11 is 0. The monoisotopic (exact) mass is 267 g/mol. The SMILES string of the molecule is O=C(OCCNCc1ccc(F)cc1)C1CCCO1. The Morgan fingerprint density at radius 3 is 2.89 bits per heavy atom. The Morgan fingerprint density at radius 2 is 2.21 bits per heavy atom. The lowest BCUT2D eigenvalue weighted by molar-refractivity contribution is -0.154. The number of carbonyl (C=O) groups is 1. The molecule has 1 aliphatic heterocycles. The Balaban J connectivity index is 1.56. The van der Waals surface area contributed by atoms with Crippen LogP contribution in [0.25, 0.3) is 0 Å². The molecule has 0 aliphatic carbocycles. The first-order valence-corrected chi connectivity index (χ1v) is 6.49. The summed E-state index contributed by atoms with van der Waals surface area (Å²) in [6.07, 6.45) is 1.29. The van der Waals surface area contributed by atoms with Crippen molar-refractivity contribution in [3.8, 4) is 0 Å². The van der Waals surface area contributed by atoms with Gasteiger partial charge in [-0.1, -0.05) is 12.1 Å². The van der Waals surface area contributed by atoms with E-state index in [1.807, 2.05) is 0 Å². The summed E-state index contributed by atoms with van der Waals surface area (Å²) < 4.78 is 23.0. The highest BCUT2D eigenvalue weighted by Gasteiger charge is 2.24. The molecule has 19 heavy (non-hydrogen) atoms. The van der Waals surface area contributed by atoms with E-state index in [1.54, 1.807) is 12.1 Å².